The maximum atomic E-state index is 14.5. The number of aromatic nitrogens is 2. The lowest BCUT2D eigenvalue weighted by molar-refractivity contribution is 0.0996. The van der Waals surface area contributed by atoms with Crippen LogP contribution in [0.1, 0.15) is 31.1 Å². The van der Waals surface area contributed by atoms with Gasteiger partial charge in [-0.1, -0.05) is 20.8 Å². The fourth-order valence-electron chi connectivity index (χ4n) is 2.90. The number of fused-ring (bicyclic) bond motifs is 1. The second kappa shape index (κ2) is 7.35. The highest BCUT2D eigenvalue weighted by Crippen LogP contribution is 2.39. The van der Waals surface area contributed by atoms with E-state index in [0.29, 0.717) is 22.7 Å². The van der Waals surface area contributed by atoms with Crippen LogP contribution < -0.4 is 15.2 Å². The number of hydrogen-bond donors (Lipinski definition) is 1. The molecule has 0 aliphatic heterocycles. The molecule has 0 atom stereocenters. The number of carbonyl (C=O) groups is 1. The number of hydrogen-bond acceptors (Lipinski definition) is 5. The number of ether oxygens (including phenoxy) is 2. The summed E-state index contributed by atoms with van der Waals surface area (Å²) in [7, 11) is 2.90. The number of rotatable bonds is 5. The number of primary amides is 1. The molecule has 6 nitrogen and oxygen atoms in total. The van der Waals surface area contributed by atoms with Gasteiger partial charge in [0.05, 0.1) is 36.6 Å². The second-order valence-electron chi connectivity index (χ2n) is 7.20. The van der Waals surface area contributed by atoms with E-state index in [1.54, 1.807) is 25.1 Å². The molecule has 1 amide bonds. The Balaban J connectivity index is 2.22. The zero-order chi connectivity index (χ0) is 20.6. The van der Waals surface area contributed by atoms with Crippen molar-refractivity contribution in [2.24, 2.45) is 5.73 Å². The number of nitrogens with two attached hydrogens (primary N) is 1. The van der Waals surface area contributed by atoms with Gasteiger partial charge in [-0.3, -0.25) is 9.20 Å². The minimum atomic E-state index is -0.767. The summed E-state index contributed by atoms with van der Waals surface area (Å²) in [5.74, 6) is -0.891. The molecule has 0 spiro atoms. The van der Waals surface area contributed by atoms with E-state index in [2.05, 4.69) is 25.8 Å². The molecule has 2 aromatic heterocycles. The Labute approximate surface area is 166 Å². The SMILES string of the molecule is COc1cc2ncc(-c3cc(F)c(OC)c(C(N)=O)c3)n2cc1SC(C)(C)C. The zero-order valence-electron chi connectivity index (χ0n) is 16.4. The number of thioether (sulfide) groups is 1. The van der Waals surface area contributed by atoms with Crippen molar-refractivity contribution >= 4 is 23.3 Å². The van der Waals surface area contributed by atoms with Gasteiger partial charge in [-0.05, 0) is 12.1 Å². The van der Waals surface area contributed by atoms with Crippen LogP contribution in [-0.4, -0.2) is 34.3 Å². The highest BCUT2D eigenvalue weighted by atomic mass is 32.2. The molecule has 0 aliphatic rings. The third kappa shape index (κ3) is 3.77. The van der Waals surface area contributed by atoms with Gasteiger partial charge in [-0.15, -0.1) is 11.8 Å². The first-order chi connectivity index (χ1) is 13.1. The van der Waals surface area contributed by atoms with Crippen LogP contribution in [-0.2, 0) is 0 Å². The van der Waals surface area contributed by atoms with Gasteiger partial charge in [0.2, 0.25) is 0 Å². The average molecular weight is 403 g/mol. The summed E-state index contributed by atoms with van der Waals surface area (Å²) in [5, 5.41) is 0. The maximum absolute atomic E-state index is 14.5. The van der Waals surface area contributed by atoms with Crippen molar-refractivity contribution in [1.82, 2.24) is 9.38 Å². The zero-order valence-corrected chi connectivity index (χ0v) is 17.2. The van der Waals surface area contributed by atoms with E-state index in [1.807, 2.05) is 16.7 Å². The number of halogens is 1. The largest absolute Gasteiger partial charge is 0.495 e. The van der Waals surface area contributed by atoms with Crippen LogP contribution in [0.4, 0.5) is 4.39 Å². The lowest BCUT2D eigenvalue weighted by Gasteiger charge is -2.20. The highest BCUT2D eigenvalue weighted by molar-refractivity contribution is 8.00. The summed E-state index contributed by atoms with van der Waals surface area (Å²) in [4.78, 5) is 17.1. The number of carbonyl (C=O) groups excluding carboxylic acids is 1. The van der Waals surface area contributed by atoms with Gasteiger partial charge in [0.15, 0.2) is 11.6 Å². The number of imidazole rings is 1. The molecule has 3 aromatic rings. The number of nitrogens with zero attached hydrogens (tertiary/aromatic N) is 2. The summed E-state index contributed by atoms with van der Waals surface area (Å²) in [6.45, 7) is 6.32. The predicted octanol–water partition coefficient (Wildman–Crippen LogP) is 4.15. The first-order valence-corrected chi connectivity index (χ1v) is 9.38. The van der Waals surface area contributed by atoms with E-state index in [-0.39, 0.29) is 16.1 Å². The molecule has 28 heavy (non-hydrogen) atoms. The van der Waals surface area contributed by atoms with Crippen molar-refractivity contribution in [3.8, 4) is 22.8 Å². The molecule has 1 aromatic carbocycles. The van der Waals surface area contributed by atoms with Gasteiger partial charge < -0.3 is 15.2 Å². The number of pyridine rings is 1. The van der Waals surface area contributed by atoms with Gasteiger partial charge in [0.25, 0.3) is 5.91 Å². The summed E-state index contributed by atoms with van der Waals surface area (Å²) in [6.07, 6.45) is 3.52. The molecule has 0 fully saturated rings. The Kier molecular flexibility index (Phi) is 5.25. The fraction of sp³-hybridized carbons (Fsp3) is 0.300. The first-order valence-electron chi connectivity index (χ1n) is 8.56. The number of amides is 1. The Morgan fingerprint density at radius 3 is 2.50 bits per heavy atom. The lowest BCUT2D eigenvalue weighted by Crippen LogP contribution is -2.13. The third-order valence-corrected chi connectivity index (χ3v) is 5.16. The Hall–Kier alpha value is -2.74. The van der Waals surface area contributed by atoms with Crippen molar-refractivity contribution in [2.45, 2.75) is 30.4 Å². The predicted molar refractivity (Wildman–Crippen MR) is 108 cm³/mol. The topological polar surface area (TPSA) is 78.8 Å². The molecule has 2 N–H and O–H groups in total. The molecule has 0 unspecified atom stereocenters. The second-order valence-corrected chi connectivity index (χ2v) is 9.06. The Morgan fingerprint density at radius 1 is 1.21 bits per heavy atom. The molecule has 0 saturated carbocycles. The average Bonchev–Trinajstić information content (AvgIpc) is 3.01. The van der Waals surface area contributed by atoms with Crippen molar-refractivity contribution in [3.05, 3.63) is 42.0 Å². The fourth-order valence-corrected chi connectivity index (χ4v) is 3.96. The smallest absolute Gasteiger partial charge is 0.252 e. The monoisotopic (exact) mass is 403 g/mol. The van der Waals surface area contributed by atoms with Crippen LogP contribution in [0.25, 0.3) is 16.9 Å². The summed E-state index contributed by atoms with van der Waals surface area (Å²) < 4.78 is 26.8. The molecule has 0 saturated heterocycles. The van der Waals surface area contributed by atoms with Crippen LogP contribution in [0.3, 0.4) is 0 Å². The molecule has 0 radical (unpaired) electrons. The van der Waals surface area contributed by atoms with Gasteiger partial charge in [0, 0.05) is 22.6 Å². The third-order valence-electron chi connectivity index (χ3n) is 4.02. The van der Waals surface area contributed by atoms with Crippen LogP contribution in [0.2, 0.25) is 0 Å². The minimum absolute atomic E-state index is 0.0229. The summed E-state index contributed by atoms with van der Waals surface area (Å²) in [5.41, 5.74) is 7.11. The molecule has 2 heterocycles. The molecule has 0 aliphatic carbocycles. The first kappa shape index (κ1) is 20.0. The summed E-state index contributed by atoms with van der Waals surface area (Å²) >= 11 is 1.65. The van der Waals surface area contributed by atoms with Gasteiger partial charge in [0.1, 0.15) is 11.4 Å². The highest BCUT2D eigenvalue weighted by Gasteiger charge is 2.20. The van der Waals surface area contributed by atoms with Crippen molar-refractivity contribution in [3.63, 3.8) is 0 Å². The van der Waals surface area contributed by atoms with Gasteiger partial charge in [-0.25, -0.2) is 9.37 Å². The molecule has 148 valence electrons. The molecule has 8 heteroatoms. The van der Waals surface area contributed by atoms with Crippen molar-refractivity contribution < 1.29 is 18.7 Å². The van der Waals surface area contributed by atoms with Crippen LogP contribution >= 0.6 is 11.8 Å². The standard InChI is InChI=1S/C20H22FN3O3S/c1-20(2,3)28-16-10-24-14(9-23-17(24)8-15(16)26-4)11-6-12(19(22)25)18(27-5)13(21)7-11/h6-10H,1-5H3,(H2,22,25). The molecule has 3 rings (SSSR count). The maximum Gasteiger partial charge on any atom is 0.252 e. The summed E-state index contributed by atoms with van der Waals surface area (Å²) in [6, 6.07) is 4.64. The van der Waals surface area contributed by atoms with Gasteiger partial charge in [-0.2, -0.15) is 0 Å². The van der Waals surface area contributed by atoms with E-state index in [1.165, 1.54) is 19.2 Å². The Bertz CT molecular complexity index is 1060. The number of methoxy groups -OCH3 is 2. The van der Waals surface area contributed by atoms with E-state index in [9.17, 15) is 9.18 Å². The van der Waals surface area contributed by atoms with E-state index < -0.39 is 11.7 Å². The van der Waals surface area contributed by atoms with Crippen LogP contribution in [0, 0.1) is 5.82 Å². The van der Waals surface area contributed by atoms with E-state index >= 15 is 0 Å². The normalized spacial score (nSPS) is 11.6. The van der Waals surface area contributed by atoms with Crippen LogP contribution in [0.5, 0.6) is 11.5 Å². The molecular weight excluding hydrogens is 381 g/mol. The van der Waals surface area contributed by atoms with Crippen LogP contribution in [0.15, 0.2) is 35.5 Å². The number of benzene rings is 1. The molecule has 0 bridgehead atoms. The van der Waals surface area contributed by atoms with E-state index in [0.717, 1.165) is 4.90 Å². The lowest BCUT2D eigenvalue weighted by atomic mass is 10.1. The van der Waals surface area contributed by atoms with Gasteiger partial charge >= 0.3 is 0 Å². The van der Waals surface area contributed by atoms with E-state index in [4.69, 9.17) is 15.2 Å². The van der Waals surface area contributed by atoms with Crippen molar-refractivity contribution in [2.75, 3.05) is 14.2 Å². The quantitative estimate of drug-likeness (QED) is 0.648. The minimum Gasteiger partial charge on any atom is -0.495 e. The van der Waals surface area contributed by atoms with Crippen molar-refractivity contribution in [1.29, 1.82) is 0 Å². The molecular formula is C20H22FN3O3S. The Morgan fingerprint density at radius 2 is 1.93 bits per heavy atom.